The Morgan fingerprint density at radius 1 is 1.21 bits per heavy atom. The van der Waals surface area contributed by atoms with Crippen LogP contribution in [-0.4, -0.2) is 29.9 Å². The van der Waals surface area contributed by atoms with E-state index in [1.807, 2.05) is 0 Å². The molecule has 3 aliphatic rings. The average Bonchev–Trinajstić information content (AvgIpc) is 3.58. The lowest BCUT2D eigenvalue weighted by Crippen LogP contribution is -2.55. The summed E-state index contributed by atoms with van der Waals surface area (Å²) in [6.07, 6.45) is -2.77. The molecule has 0 aromatic heterocycles. The van der Waals surface area contributed by atoms with Crippen LogP contribution in [0.15, 0.2) is 30.3 Å². The van der Waals surface area contributed by atoms with Gasteiger partial charge < -0.3 is 15.0 Å². The standard InChI is InChI=1S/C24H22ClF5N2O2/c25-21-13(2-1-3-16(21)24(28,29)30)11-32(15-4-5-15)22(33)18-10-31-7-6-23(18)17-9-20(27)19(26)8-14(17)12-34-23/h1-3,8-9,15,18,31H,4-7,10-12H2/t18-,23?/m1/s1. The highest BCUT2D eigenvalue weighted by Crippen LogP contribution is 2.48. The molecule has 1 spiro atoms. The maximum absolute atomic E-state index is 14.2. The van der Waals surface area contributed by atoms with Crippen LogP contribution in [0.4, 0.5) is 22.0 Å². The lowest BCUT2D eigenvalue weighted by molar-refractivity contribution is -0.157. The number of hydrogen-bond acceptors (Lipinski definition) is 3. The molecule has 5 rings (SSSR count). The molecule has 0 bridgehead atoms. The average molecular weight is 501 g/mol. The predicted molar refractivity (Wildman–Crippen MR) is 114 cm³/mol. The largest absolute Gasteiger partial charge is 0.417 e. The summed E-state index contributed by atoms with van der Waals surface area (Å²) in [5, 5.41) is 2.75. The molecule has 1 saturated carbocycles. The van der Waals surface area contributed by atoms with Crippen molar-refractivity contribution in [2.75, 3.05) is 13.1 Å². The van der Waals surface area contributed by atoms with Gasteiger partial charge in [-0.3, -0.25) is 4.79 Å². The SMILES string of the molecule is O=C([C@H]1CNCCC12OCc1cc(F)c(F)cc12)N(Cc1cccc(C(F)(F)F)c1Cl)C1CC1. The number of nitrogens with one attached hydrogen (secondary N) is 1. The van der Waals surface area contributed by atoms with Crippen molar-refractivity contribution in [3.8, 4) is 0 Å². The first-order valence-electron chi connectivity index (χ1n) is 11.1. The second-order valence-electron chi connectivity index (χ2n) is 9.08. The Hall–Kier alpha value is -2.23. The van der Waals surface area contributed by atoms with E-state index < -0.39 is 39.9 Å². The van der Waals surface area contributed by atoms with Gasteiger partial charge in [-0.1, -0.05) is 23.7 Å². The van der Waals surface area contributed by atoms with Crippen LogP contribution in [0.25, 0.3) is 0 Å². The zero-order chi connectivity index (χ0) is 24.3. The number of halogens is 6. The van der Waals surface area contributed by atoms with Crippen LogP contribution in [0.5, 0.6) is 0 Å². The van der Waals surface area contributed by atoms with Gasteiger partial charge in [0.2, 0.25) is 5.91 Å². The van der Waals surface area contributed by atoms with Gasteiger partial charge in [0, 0.05) is 19.1 Å². The molecule has 1 aliphatic carbocycles. The summed E-state index contributed by atoms with van der Waals surface area (Å²) >= 11 is 6.10. The number of ether oxygens (including phenoxy) is 1. The third-order valence-corrected chi connectivity index (χ3v) is 7.41. The lowest BCUT2D eigenvalue weighted by Gasteiger charge is -2.43. The van der Waals surface area contributed by atoms with E-state index in [2.05, 4.69) is 5.32 Å². The Morgan fingerprint density at radius 2 is 1.94 bits per heavy atom. The number of fused-ring (bicyclic) bond motifs is 2. The molecule has 2 aromatic rings. The van der Waals surface area contributed by atoms with Crippen molar-refractivity contribution in [2.45, 2.75) is 50.2 Å². The van der Waals surface area contributed by atoms with Gasteiger partial charge in [0.1, 0.15) is 5.60 Å². The maximum Gasteiger partial charge on any atom is 0.417 e. The number of rotatable bonds is 4. The molecule has 1 N–H and O–H groups in total. The van der Waals surface area contributed by atoms with Gasteiger partial charge in [0.15, 0.2) is 11.6 Å². The van der Waals surface area contributed by atoms with Crippen molar-refractivity contribution < 1.29 is 31.5 Å². The Balaban J connectivity index is 1.49. The Morgan fingerprint density at radius 3 is 2.65 bits per heavy atom. The molecule has 2 heterocycles. The smallest absolute Gasteiger partial charge is 0.365 e. The number of amides is 1. The number of piperidine rings is 1. The van der Waals surface area contributed by atoms with Gasteiger partial charge in [-0.2, -0.15) is 13.2 Å². The fourth-order valence-corrected chi connectivity index (χ4v) is 5.40. The van der Waals surface area contributed by atoms with Crippen LogP contribution in [0.2, 0.25) is 5.02 Å². The van der Waals surface area contributed by atoms with Crippen molar-refractivity contribution in [3.05, 3.63) is 69.2 Å². The van der Waals surface area contributed by atoms with Crippen LogP contribution in [0.3, 0.4) is 0 Å². The van der Waals surface area contributed by atoms with Gasteiger partial charge in [0.05, 0.1) is 23.1 Å². The van der Waals surface area contributed by atoms with Crippen LogP contribution in [0.1, 0.15) is 41.5 Å². The molecule has 34 heavy (non-hydrogen) atoms. The fourth-order valence-electron chi connectivity index (χ4n) is 5.10. The Bertz CT molecular complexity index is 1140. The summed E-state index contributed by atoms with van der Waals surface area (Å²) in [7, 11) is 0. The van der Waals surface area contributed by atoms with Crippen LogP contribution in [0, 0.1) is 17.6 Å². The number of alkyl halides is 3. The Kier molecular flexibility index (Phi) is 5.85. The van der Waals surface area contributed by atoms with Gasteiger partial charge in [-0.15, -0.1) is 0 Å². The first-order chi connectivity index (χ1) is 16.1. The molecule has 1 saturated heterocycles. The highest BCUT2D eigenvalue weighted by atomic mass is 35.5. The van der Waals surface area contributed by atoms with Crippen LogP contribution >= 0.6 is 11.6 Å². The summed E-state index contributed by atoms with van der Waals surface area (Å²) in [6.45, 7) is 0.741. The van der Waals surface area contributed by atoms with Gasteiger partial charge in [-0.25, -0.2) is 8.78 Å². The number of nitrogens with zero attached hydrogens (tertiary/aromatic N) is 1. The quantitative estimate of drug-likeness (QED) is 0.589. The maximum atomic E-state index is 14.2. The first kappa shape index (κ1) is 23.5. The van der Waals surface area contributed by atoms with Crippen molar-refractivity contribution in [2.24, 2.45) is 5.92 Å². The number of benzene rings is 2. The van der Waals surface area contributed by atoms with Gasteiger partial charge in [-0.05, 0) is 60.7 Å². The minimum absolute atomic E-state index is 0.0548. The molecular formula is C24H22ClF5N2O2. The van der Waals surface area contributed by atoms with Crippen molar-refractivity contribution in [3.63, 3.8) is 0 Å². The summed E-state index contributed by atoms with van der Waals surface area (Å²) < 4.78 is 74.1. The highest BCUT2D eigenvalue weighted by Gasteiger charge is 2.53. The lowest BCUT2D eigenvalue weighted by atomic mass is 9.75. The number of carbonyl (C=O) groups is 1. The Labute approximate surface area is 198 Å². The molecule has 2 aliphatic heterocycles. The number of carbonyl (C=O) groups excluding carboxylic acids is 1. The van der Waals surface area contributed by atoms with E-state index in [0.29, 0.717) is 24.1 Å². The summed E-state index contributed by atoms with van der Waals surface area (Å²) in [5.41, 5.74) is -0.917. The molecular weight excluding hydrogens is 479 g/mol. The molecule has 2 atom stereocenters. The minimum atomic E-state index is -4.61. The van der Waals surface area contributed by atoms with Crippen molar-refractivity contribution in [1.82, 2.24) is 10.2 Å². The van der Waals surface area contributed by atoms with Gasteiger partial charge in [0.25, 0.3) is 0 Å². The molecule has 182 valence electrons. The summed E-state index contributed by atoms with van der Waals surface area (Å²) in [5.74, 6) is -3.04. The van der Waals surface area contributed by atoms with E-state index in [0.717, 1.165) is 31.0 Å². The van der Waals surface area contributed by atoms with Crippen molar-refractivity contribution in [1.29, 1.82) is 0 Å². The number of hydrogen-bond donors (Lipinski definition) is 1. The van der Waals surface area contributed by atoms with E-state index in [4.69, 9.17) is 16.3 Å². The second-order valence-corrected chi connectivity index (χ2v) is 9.46. The zero-order valence-corrected chi connectivity index (χ0v) is 18.8. The van der Waals surface area contributed by atoms with Crippen molar-refractivity contribution >= 4 is 17.5 Å². The van der Waals surface area contributed by atoms with E-state index in [1.54, 1.807) is 4.90 Å². The van der Waals surface area contributed by atoms with E-state index in [-0.39, 0.29) is 37.2 Å². The van der Waals surface area contributed by atoms with Crippen LogP contribution in [-0.2, 0) is 34.5 Å². The van der Waals surface area contributed by atoms with E-state index >= 15 is 0 Å². The van der Waals surface area contributed by atoms with E-state index in [9.17, 15) is 26.7 Å². The molecule has 1 amide bonds. The minimum Gasteiger partial charge on any atom is -0.365 e. The first-order valence-corrected chi connectivity index (χ1v) is 11.5. The molecule has 2 aromatic carbocycles. The topological polar surface area (TPSA) is 41.6 Å². The van der Waals surface area contributed by atoms with Gasteiger partial charge >= 0.3 is 6.18 Å². The molecule has 1 unspecified atom stereocenters. The molecule has 4 nitrogen and oxygen atoms in total. The van der Waals surface area contributed by atoms with E-state index in [1.165, 1.54) is 12.1 Å². The second kappa shape index (κ2) is 8.46. The normalized spacial score (nSPS) is 24.4. The third kappa shape index (κ3) is 3.97. The fraction of sp³-hybridized carbons (Fsp3) is 0.458. The summed E-state index contributed by atoms with van der Waals surface area (Å²) in [4.78, 5) is 15.4. The molecule has 10 heteroatoms. The monoisotopic (exact) mass is 500 g/mol. The summed E-state index contributed by atoms with van der Waals surface area (Å²) in [6, 6.07) is 5.75. The third-order valence-electron chi connectivity index (χ3n) is 6.97. The van der Waals surface area contributed by atoms with Crippen LogP contribution < -0.4 is 5.32 Å². The predicted octanol–water partition coefficient (Wildman–Crippen LogP) is 5.16. The zero-order valence-electron chi connectivity index (χ0n) is 18.0. The highest BCUT2D eigenvalue weighted by molar-refractivity contribution is 6.32. The molecule has 2 fully saturated rings. The molecule has 0 radical (unpaired) electrons.